The molecule has 0 saturated heterocycles. The first-order chi connectivity index (χ1) is 8.58. The second-order valence-corrected chi connectivity index (χ2v) is 4.57. The van der Waals surface area contributed by atoms with E-state index in [1.165, 1.54) is 6.20 Å². The van der Waals surface area contributed by atoms with Crippen LogP contribution in [0.1, 0.15) is 0 Å². The lowest BCUT2D eigenvalue weighted by molar-refractivity contribution is -0.386. The lowest BCUT2D eigenvalue weighted by atomic mass is 10.3. The van der Waals surface area contributed by atoms with Crippen LogP contribution in [0.25, 0.3) is 0 Å². The van der Waals surface area contributed by atoms with E-state index in [4.69, 9.17) is 16.3 Å². The van der Waals surface area contributed by atoms with Crippen molar-refractivity contribution in [3.05, 3.63) is 56.3 Å². The molecule has 0 atom stereocenters. The van der Waals surface area contributed by atoms with Crippen LogP contribution < -0.4 is 4.74 Å². The number of rotatable bonds is 3. The quantitative estimate of drug-likeness (QED) is 0.625. The largest absolute Gasteiger partial charge is 0.449 e. The predicted molar refractivity (Wildman–Crippen MR) is 70.1 cm³/mol. The van der Waals surface area contributed by atoms with E-state index < -0.39 is 4.92 Å². The van der Waals surface area contributed by atoms with E-state index in [0.29, 0.717) is 15.2 Å². The Morgan fingerprint density at radius 2 is 1.94 bits per heavy atom. The summed E-state index contributed by atoms with van der Waals surface area (Å²) in [5, 5.41) is 11.4. The Balaban J connectivity index is 2.39. The van der Waals surface area contributed by atoms with Gasteiger partial charge in [-0.15, -0.1) is 0 Å². The van der Waals surface area contributed by atoms with Gasteiger partial charge in [-0.25, -0.2) is 0 Å². The minimum absolute atomic E-state index is 0.109. The first kappa shape index (κ1) is 12.8. The van der Waals surface area contributed by atoms with Crippen LogP contribution in [0.2, 0.25) is 5.02 Å². The zero-order chi connectivity index (χ0) is 13.1. The third kappa shape index (κ3) is 2.77. The van der Waals surface area contributed by atoms with Crippen LogP contribution in [-0.2, 0) is 0 Å². The van der Waals surface area contributed by atoms with Crippen molar-refractivity contribution < 1.29 is 9.66 Å². The molecule has 0 aliphatic carbocycles. The molecule has 0 radical (unpaired) electrons. The van der Waals surface area contributed by atoms with Gasteiger partial charge in [0, 0.05) is 11.2 Å². The third-order valence-electron chi connectivity index (χ3n) is 2.06. The second kappa shape index (κ2) is 5.32. The van der Waals surface area contributed by atoms with Crippen molar-refractivity contribution >= 4 is 33.2 Å². The fraction of sp³-hybridized carbons (Fsp3) is 0. The molecule has 0 aliphatic rings. The zero-order valence-electron chi connectivity index (χ0n) is 8.84. The van der Waals surface area contributed by atoms with E-state index in [9.17, 15) is 10.1 Å². The number of hydrogen-bond acceptors (Lipinski definition) is 4. The van der Waals surface area contributed by atoms with Crippen molar-refractivity contribution in [2.75, 3.05) is 0 Å². The summed E-state index contributed by atoms with van der Waals surface area (Å²) in [6, 6.07) is 6.52. The first-order valence-corrected chi connectivity index (χ1v) is 5.96. The number of benzene rings is 1. The highest BCUT2D eigenvalue weighted by Crippen LogP contribution is 2.37. The van der Waals surface area contributed by atoms with Crippen LogP contribution in [0.15, 0.2) is 41.1 Å². The summed E-state index contributed by atoms with van der Waals surface area (Å²) in [5.74, 6) is 0.562. The van der Waals surface area contributed by atoms with E-state index in [2.05, 4.69) is 20.9 Å². The molecule has 1 aromatic carbocycles. The molecule has 1 aromatic heterocycles. The number of halogens is 2. The maximum Gasteiger partial charge on any atom is 0.330 e. The summed E-state index contributed by atoms with van der Waals surface area (Å²) >= 11 is 8.91. The van der Waals surface area contributed by atoms with Gasteiger partial charge in [0.25, 0.3) is 0 Å². The highest BCUT2D eigenvalue weighted by atomic mass is 79.9. The first-order valence-electron chi connectivity index (χ1n) is 4.79. The molecule has 0 fully saturated rings. The zero-order valence-corrected chi connectivity index (χ0v) is 11.2. The molecule has 92 valence electrons. The maximum atomic E-state index is 10.9. The molecular weight excluding hydrogens is 323 g/mol. The molecule has 2 aromatic rings. The van der Waals surface area contributed by atoms with Crippen LogP contribution in [0.5, 0.6) is 11.5 Å². The lowest BCUT2D eigenvalue weighted by Crippen LogP contribution is -1.95. The highest BCUT2D eigenvalue weighted by Gasteiger charge is 2.19. The molecule has 18 heavy (non-hydrogen) atoms. The van der Waals surface area contributed by atoms with Crippen molar-refractivity contribution in [3.63, 3.8) is 0 Å². The van der Waals surface area contributed by atoms with E-state index in [1.54, 1.807) is 24.3 Å². The molecule has 2 rings (SSSR count). The summed E-state index contributed by atoms with van der Waals surface area (Å²) in [7, 11) is 0. The monoisotopic (exact) mass is 328 g/mol. The van der Waals surface area contributed by atoms with Crippen LogP contribution >= 0.6 is 27.5 Å². The topological polar surface area (TPSA) is 65.3 Å². The van der Waals surface area contributed by atoms with Crippen molar-refractivity contribution in [1.29, 1.82) is 0 Å². The number of hydrogen-bond donors (Lipinski definition) is 0. The second-order valence-electron chi connectivity index (χ2n) is 3.28. The summed E-state index contributed by atoms with van der Waals surface area (Å²) in [6.07, 6.45) is 2.56. The minimum atomic E-state index is -0.553. The summed E-state index contributed by atoms with van der Waals surface area (Å²) in [4.78, 5) is 14.0. The van der Waals surface area contributed by atoms with Crippen molar-refractivity contribution in [2.24, 2.45) is 0 Å². The summed E-state index contributed by atoms with van der Waals surface area (Å²) in [6.45, 7) is 0. The number of pyridine rings is 1. The molecule has 0 unspecified atom stereocenters. The van der Waals surface area contributed by atoms with Crippen molar-refractivity contribution in [3.8, 4) is 11.5 Å². The van der Waals surface area contributed by atoms with Gasteiger partial charge in [-0.3, -0.25) is 15.1 Å². The molecular formula is C11H6BrClN2O3. The van der Waals surface area contributed by atoms with Crippen LogP contribution in [-0.4, -0.2) is 9.91 Å². The Bertz CT molecular complexity index is 589. The highest BCUT2D eigenvalue weighted by molar-refractivity contribution is 9.10. The molecule has 0 aliphatic heterocycles. The number of ether oxygens (including phenoxy) is 1. The maximum absolute atomic E-state index is 10.9. The number of aromatic nitrogens is 1. The Morgan fingerprint density at radius 1 is 1.28 bits per heavy atom. The Labute approximate surface area is 116 Å². The molecule has 5 nitrogen and oxygen atoms in total. The Morgan fingerprint density at radius 3 is 2.56 bits per heavy atom. The molecule has 0 N–H and O–H groups in total. The smallest absolute Gasteiger partial charge is 0.330 e. The summed E-state index contributed by atoms with van der Waals surface area (Å²) < 4.78 is 5.88. The lowest BCUT2D eigenvalue weighted by Gasteiger charge is -2.07. The molecule has 1 heterocycles. The Kier molecular flexibility index (Phi) is 3.78. The standard InChI is InChI=1S/C11H6BrClN2O3/c12-9-5-14-6-10(15(16)17)11(9)18-8-3-1-7(13)2-4-8/h1-6H. The fourth-order valence-electron chi connectivity index (χ4n) is 1.26. The van der Waals surface area contributed by atoms with E-state index in [0.717, 1.165) is 6.20 Å². The van der Waals surface area contributed by atoms with E-state index in [-0.39, 0.29) is 11.4 Å². The Hall–Kier alpha value is -1.66. The van der Waals surface area contributed by atoms with Crippen LogP contribution in [0.4, 0.5) is 5.69 Å². The minimum Gasteiger partial charge on any atom is -0.449 e. The number of nitro groups is 1. The normalized spacial score (nSPS) is 10.1. The van der Waals surface area contributed by atoms with E-state index >= 15 is 0 Å². The van der Waals surface area contributed by atoms with Gasteiger partial charge >= 0.3 is 5.69 Å². The molecule has 0 amide bonds. The van der Waals surface area contributed by atoms with Crippen molar-refractivity contribution in [1.82, 2.24) is 4.98 Å². The molecule has 0 saturated carbocycles. The van der Waals surface area contributed by atoms with Gasteiger partial charge in [0.1, 0.15) is 11.9 Å². The number of nitrogens with zero attached hydrogens (tertiary/aromatic N) is 2. The summed E-state index contributed by atoms with van der Waals surface area (Å²) in [5.41, 5.74) is -0.209. The molecule has 0 bridgehead atoms. The van der Waals surface area contributed by atoms with Gasteiger partial charge in [-0.2, -0.15) is 0 Å². The van der Waals surface area contributed by atoms with Crippen molar-refractivity contribution in [2.45, 2.75) is 0 Å². The van der Waals surface area contributed by atoms with Gasteiger partial charge in [-0.05, 0) is 40.2 Å². The third-order valence-corrected chi connectivity index (χ3v) is 2.88. The average Bonchev–Trinajstić information content (AvgIpc) is 2.34. The molecule has 7 heteroatoms. The predicted octanol–water partition coefficient (Wildman–Crippen LogP) is 4.20. The van der Waals surface area contributed by atoms with Gasteiger partial charge in [-0.1, -0.05) is 11.6 Å². The molecule has 0 spiro atoms. The van der Waals surface area contributed by atoms with E-state index in [1.807, 2.05) is 0 Å². The van der Waals surface area contributed by atoms with Crippen LogP contribution in [0.3, 0.4) is 0 Å². The van der Waals surface area contributed by atoms with Crippen LogP contribution in [0, 0.1) is 10.1 Å². The fourth-order valence-corrected chi connectivity index (χ4v) is 1.79. The van der Waals surface area contributed by atoms with Gasteiger partial charge < -0.3 is 4.74 Å². The van der Waals surface area contributed by atoms with Gasteiger partial charge in [0.15, 0.2) is 0 Å². The SMILES string of the molecule is O=[N+]([O-])c1cncc(Br)c1Oc1ccc(Cl)cc1. The van der Waals surface area contributed by atoms with Gasteiger partial charge in [0.05, 0.1) is 9.40 Å². The van der Waals surface area contributed by atoms with Gasteiger partial charge in [0.2, 0.25) is 5.75 Å². The average molecular weight is 330 g/mol.